The normalized spacial score (nSPS) is 11.2. The van der Waals surface area contributed by atoms with Crippen LogP contribution in [0.15, 0.2) is 139 Å². The number of nitrogens with zero attached hydrogens (tertiary/aromatic N) is 1. The van der Waals surface area contributed by atoms with Crippen LogP contribution in [0.2, 0.25) is 0 Å². The molecule has 162 valence electrons. The predicted octanol–water partition coefficient (Wildman–Crippen LogP) is 7.72. The van der Waals surface area contributed by atoms with Gasteiger partial charge >= 0.3 is 0 Å². The monoisotopic (exact) mass is 429 g/mol. The van der Waals surface area contributed by atoms with Crippen molar-refractivity contribution in [3.8, 4) is 0 Å². The molecule has 33 heavy (non-hydrogen) atoms. The Balaban J connectivity index is 1.93. The molecule has 0 aliphatic heterocycles. The predicted molar refractivity (Wildman–Crippen MR) is 138 cm³/mol. The molecule has 4 rings (SSSR count). The lowest BCUT2D eigenvalue weighted by molar-refractivity contribution is 0.318. The maximum atomic E-state index is 9.62. The van der Waals surface area contributed by atoms with Gasteiger partial charge in [0, 0.05) is 5.41 Å². The van der Waals surface area contributed by atoms with E-state index in [9.17, 15) is 5.21 Å². The second-order valence-corrected chi connectivity index (χ2v) is 8.19. The molecule has 0 atom stereocenters. The third-order valence-corrected chi connectivity index (χ3v) is 5.59. The molecule has 1 N–H and O–H groups in total. The minimum absolute atomic E-state index is 0.656. The molecule has 4 aromatic carbocycles. The van der Waals surface area contributed by atoms with Crippen LogP contribution in [0.4, 0.5) is 0 Å². The molecule has 0 saturated carbocycles. The van der Waals surface area contributed by atoms with E-state index >= 15 is 0 Å². The fourth-order valence-corrected chi connectivity index (χ4v) is 4.00. The summed E-state index contributed by atoms with van der Waals surface area (Å²) in [6.07, 6.45) is 5.93. The summed E-state index contributed by atoms with van der Waals surface area (Å²) in [6, 6.07) is 41.2. The van der Waals surface area contributed by atoms with Crippen molar-refractivity contribution in [2.24, 2.45) is 10.6 Å². The molecule has 0 radical (unpaired) electrons. The van der Waals surface area contributed by atoms with E-state index in [1.165, 1.54) is 0 Å². The van der Waals surface area contributed by atoms with Gasteiger partial charge in [0.15, 0.2) is 0 Å². The van der Waals surface area contributed by atoms with Gasteiger partial charge in [-0.1, -0.05) is 133 Å². The van der Waals surface area contributed by atoms with Crippen molar-refractivity contribution in [3.05, 3.63) is 156 Å². The number of benzene rings is 4. The lowest BCUT2D eigenvalue weighted by Gasteiger charge is -2.22. The van der Waals surface area contributed by atoms with Gasteiger partial charge in [0.25, 0.3) is 0 Å². The molecular weight excluding hydrogens is 402 g/mol. The summed E-state index contributed by atoms with van der Waals surface area (Å²) in [5.41, 5.74) is 5.93. The fraction of sp³-hybridized carbons (Fsp3) is 0.0645. The molecule has 0 saturated heterocycles. The standard InChI is InChI=1S/C31H27NO/c1-31(24-32-33,22-29(25-14-6-2-7-15-25)26-16-8-3-9-17-26)23-30(27-18-10-4-11-19-27)28-20-12-5-13-21-28/h2-24,33H,1H3/b32-24+. The quantitative estimate of drug-likeness (QED) is 0.182. The molecule has 0 heterocycles. The van der Waals surface area contributed by atoms with E-state index in [0.29, 0.717) is 0 Å². The Hall–Kier alpha value is -4.17. The highest BCUT2D eigenvalue weighted by atomic mass is 16.4. The van der Waals surface area contributed by atoms with E-state index in [2.05, 4.69) is 72.8 Å². The molecule has 0 aliphatic carbocycles. The average Bonchev–Trinajstić information content (AvgIpc) is 2.88. The molecule has 0 unspecified atom stereocenters. The van der Waals surface area contributed by atoms with Gasteiger partial charge in [0.1, 0.15) is 0 Å². The molecule has 0 spiro atoms. The third kappa shape index (κ3) is 5.55. The van der Waals surface area contributed by atoms with Crippen molar-refractivity contribution in [3.63, 3.8) is 0 Å². The second-order valence-electron chi connectivity index (χ2n) is 8.19. The number of oxime groups is 1. The lowest BCUT2D eigenvalue weighted by Crippen LogP contribution is -2.14. The molecule has 0 amide bonds. The van der Waals surface area contributed by atoms with Crippen LogP contribution in [0.5, 0.6) is 0 Å². The summed E-state index contributed by atoms with van der Waals surface area (Å²) in [4.78, 5) is 0. The van der Waals surface area contributed by atoms with Crippen molar-refractivity contribution in [2.75, 3.05) is 0 Å². The maximum Gasteiger partial charge on any atom is 0.0571 e. The minimum atomic E-state index is -0.656. The molecular formula is C31H27NO. The average molecular weight is 430 g/mol. The fourth-order valence-electron chi connectivity index (χ4n) is 4.00. The zero-order valence-electron chi connectivity index (χ0n) is 18.7. The molecule has 2 heteroatoms. The van der Waals surface area contributed by atoms with E-state index in [0.717, 1.165) is 33.4 Å². The molecule has 0 fully saturated rings. The van der Waals surface area contributed by atoms with Crippen LogP contribution < -0.4 is 0 Å². The van der Waals surface area contributed by atoms with Gasteiger partial charge in [-0.05, 0) is 40.3 Å². The van der Waals surface area contributed by atoms with Crippen molar-refractivity contribution in [1.82, 2.24) is 0 Å². The highest BCUT2D eigenvalue weighted by molar-refractivity contribution is 5.88. The van der Waals surface area contributed by atoms with Crippen molar-refractivity contribution < 1.29 is 5.21 Å². The van der Waals surface area contributed by atoms with Gasteiger partial charge in [0.2, 0.25) is 0 Å². The number of allylic oxidation sites excluding steroid dienone is 2. The molecule has 2 nitrogen and oxygen atoms in total. The van der Waals surface area contributed by atoms with Gasteiger partial charge in [-0.3, -0.25) is 0 Å². The topological polar surface area (TPSA) is 32.6 Å². The van der Waals surface area contributed by atoms with Crippen molar-refractivity contribution in [1.29, 1.82) is 0 Å². The van der Waals surface area contributed by atoms with Crippen molar-refractivity contribution in [2.45, 2.75) is 6.92 Å². The van der Waals surface area contributed by atoms with Crippen LogP contribution in [0.3, 0.4) is 0 Å². The largest absolute Gasteiger partial charge is 0.411 e. The van der Waals surface area contributed by atoms with Gasteiger partial charge < -0.3 is 5.21 Å². The highest BCUT2D eigenvalue weighted by Gasteiger charge is 2.21. The second kappa shape index (κ2) is 10.4. The Kier molecular flexibility index (Phi) is 6.96. The Labute approximate surface area is 195 Å². The molecule has 4 aromatic rings. The lowest BCUT2D eigenvalue weighted by atomic mass is 9.81. The van der Waals surface area contributed by atoms with Crippen LogP contribution in [-0.4, -0.2) is 11.4 Å². The summed E-state index contributed by atoms with van der Waals surface area (Å²) in [6.45, 7) is 2.06. The van der Waals surface area contributed by atoms with Crippen LogP contribution in [-0.2, 0) is 0 Å². The molecule has 0 aliphatic rings. The third-order valence-electron chi connectivity index (χ3n) is 5.59. The summed E-state index contributed by atoms with van der Waals surface area (Å²) >= 11 is 0. The van der Waals surface area contributed by atoms with E-state index in [4.69, 9.17) is 0 Å². The number of hydrogen-bond donors (Lipinski definition) is 1. The Morgan fingerprint density at radius 2 is 0.818 bits per heavy atom. The first-order valence-corrected chi connectivity index (χ1v) is 11.0. The SMILES string of the molecule is CC(C=C(c1ccccc1)c1ccccc1)(C=C(c1ccccc1)c1ccccc1)/C=N/O. The zero-order chi connectivity index (χ0) is 22.9. The van der Waals surface area contributed by atoms with E-state index in [-0.39, 0.29) is 0 Å². The summed E-state index contributed by atoms with van der Waals surface area (Å²) in [7, 11) is 0. The molecule has 0 bridgehead atoms. The Bertz CT molecular complexity index is 1070. The molecule has 0 aromatic heterocycles. The van der Waals surface area contributed by atoms with Gasteiger partial charge in [-0.2, -0.15) is 0 Å². The van der Waals surface area contributed by atoms with Crippen LogP contribution >= 0.6 is 0 Å². The van der Waals surface area contributed by atoms with Crippen LogP contribution in [0, 0.1) is 5.41 Å². The van der Waals surface area contributed by atoms with Gasteiger partial charge in [0.05, 0.1) is 6.21 Å². The Morgan fingerprint density at radius 3 is 1.06 bits per heavy atom. The first-order valence-electron chi connectivity index (χ1n) is 11.0. The number of hydrogen-bond acceptors (Lipinski definition) is 2. The van der Waals surface area contributed by atoms with E-state index < -0.39 is 5.41 Å². The zero-order valence-corrected chi connectivity index (χ0v) is 18.7. The first-order chi connectivity index (χ1) is 16.2. The van der Waals surface area contributed by atoms with E-state index in [1.54, 1.807) is 6.21 Å². The van der Waals surface area contributed by atoms with E-state index in [1.807, 2.05) is 72.8 Å². The van der Waals surface area contributed by atoms with Crippen LogP contribution in [0.1, 0.15) is 29.2 Å². The first kappa shape index (κ1) is 22.0. The highest BCUT2D eigenvalue weighted by Crippen LogP contribution is 2.34. The van der Waals surface area contributed by atoms with Crippen LogP contribution in [0.25, 0.3) is 11.1 Å². The minimum Gasteiger partial charge on any atom is -0.411 e. The summed E-state index contributed by atoms with van der Waals surface area (Å²) in [5.74, 6) is 0. The number of rotatable bonds is 7. The Morgan fingerprint density at radius 1 is 0.545 bits per heavy atom. The van der Waals surface area contributed by atoms with Gasteiger partial charge in [-0.15, -0.1) is 5.16 Å². The summed E-state index contributed by atoms with van der Waals surface area (Å²) in [5, 5.41) is 13.1. The maximum absolute atomic E-state index is 9.62. The van der Waals surface area contributed by atoms with Crippen molar-refractivity contribution >= 4 is 17.4 Å². The summed E-state index contributed by atoms with van der Waals surface area (Å²) < 4.78 is 0. The smallest absolute Gasteiger partial charge is 0.0571 e. The van der Waals surface area contributed by atoms with Gasteiger partial charge in [-0.25, -0.2) is 0 Å².